The number of rotatable bonds is 2. The van der Waals surface area contributed by atoms with Crippen molar-refractivity contribution in [2.24, 2.45) is 17.6 Å². The Labute approximate surface area is 140 Å². The smallest absolute Gasteiger partial charge is 0.244 e. The van der Waals surface area contributed by atoms with Gasteiger partial charge in [0.2, 0.25) is 10.0 Å². The minimum atomic E-state index is -3.66. The molecule has 23 heavy (non-hydrogen) atoms. The first-order chi connectivity index (χ1) is 11.0. The van der Waals surface area contributed by atoms with Gasteiger partial charge in [-0.15, -0.1) is 0 Å². The average Bonchev–Trinajstić information content (AvgIpc) is 3.09. The van der Waals surface area contributed by atoms with Gasteiger partial charge in [0.05, 0.1) is 5.02 Å². The van der Waals surface area contributed by atoms with Gasteiger partial charge in [0.25, 0.3) is 0 Å². The van der Waals surface area contributed by atoms with Crippen molar-refractivity contribution in [1.29, 1.82) is 0 Å². The van der Waals surface area contributed by atoms with E-state index in [1.807, 2.05) is 0 Å². The molecule has 0 radical (unpaired) electrons. The minimum Gasteiger partial charge on any atom is -0.486 e. The molecule has 0 amide bonds. The van der Waals surface area contributed by atoms with Gasteiger partial charge < -0.3 is 15.2 Å². The predicted octanol–water partition coefficient (Wildman–Crippen LogP) is 1.47. The summed E-state index contributed by atoms with van der Waals surface area (Å²) in [5, 5.41) is 0.163. The van der Waals surface area contributed by atoms with Crippen LogP contribution in [0.2, 0.25) is 5.02 Å². The summed E-state index contributed by atoms with van der Waals surface area (Å²) < 4.78 is 38.4. The van der Waals surface area contributed by atoms with Crippen LogP contribution in [0.1, 0.15) is 12.8 Å². The average molecular weight is 359 g/mol. The summed E-state index contributed by atoms with van der Waals surface area (Å²) in [4.78, 5) is 0.0805. The standard InChI is InChI=1S/C15H19ClN2O4S/c16-11-5-13-14(22-4-3-21-13)6-15(11)23(19,20)18-7-9-1-2-12(17)10(9)8-18/h5-6,9-10,12H,1-4,7-8,17H2. The number of nitrogens with two attached hydrogens (primary N) is 1. The molecule has 3 aliphatic rings. The molecule has 0 aromatic heterocycles. The van der Waals surface area contributed by atoms with Crippen LogP contribution in [0.15, 0.2) is 17.0 Å². The molecule has 2 fully saturated rings. The zero-order valence-corrected chi connectivity index (χ0v) is 14.1. The second-order valence-electron chi connectivity index (χ2n) is 6.41. The van der Waals surface area contributed by atoms with E-state index < -0.39 is 10.0 Å². The van der Waals surface area contributed by atoms with Crippen molar-refractivity contribution in [3.05, 3.63) is 17.2 Å². The molecule has 2 aliphatic heterocycles. The van der Waals surface area contributed by atoms with Crippen molar-refractivity contribution in [2.45, 2.75) is 23.8 Å². The van der Waals surface area contributed by atoms with E-state index in [-0.39, 0.29) is 21.9 Å². The molecule has 3 atom stereocenters. The van der Waals surface area contributed by atoms with Gasteiger partial charge in [0, 0.05) is 31.3 Å². The van der Waals surface area contributed by atoms with E-state index in [4.69, 9.17) is 26.8 Å². The molecular weight excluding hydrogens is 340 g/mol. The predicted molar refractivity (Wildman–Crippen MR) is 85.4 cm³/mol. The molecule has 8 heteroatoms. The monoisotopic (exact) mass is 358 g/mol. The van der Waals surface area contributed by atoms with Crippen molar-refractivity contribution in [2.75, 3.05) is 26.3 Å². The molecule has 0 spiro atoms. The Kier molecular flexibility index (Phi) is 3.72. The first-order valence-corrected chi connectivity index (χ1v) is 9.63. The Hall–Kier alpha value is -1.02. The van der Waals surface area contributed by atoms with Crippen LogP contribution in [0.25, 0.3) is 0 Å². The highest BCUT2D eigenvalue weighted by molar-refractivity contribution is 7.89. The third kappa shape index (κ3) is 2.50. The fourth-order valence-corrected chi connectivity index (χ4v) is 5.89. The van der Waals surface area contributed by atoms with Crippen LogP contribution in [0.3, 0.4) is 0 Å². The summed E-state index contributed by atoms with van der Waals surface area (Å²) in [6.07, 6.45) is 1.97. The minimum absolute atomic E-state index is 0.0805. The lowest BCUT2D eigenvalue weighted by molar-refractivity contribution is 0.171. The third-order valence-corrected chi connectivity index (χ3v) is 7.39. The Morgan fingerprint density at radius 2 is 1.83 bits per heavy atom. The van der Waals surface area contributed by atoms with E-state index in [1.165, 1.54) is 16.4 Å². The topological polar surface area (TPSA) is 81.9 Å². The van der Waals surface area contributed by atoms with E-state index in [0.29, 0.717) is 43.7 Å². The van der Waals surface area contributed by atoms with E-state index >= 15 is 0 Å². The maximum absolute atomic E-state index is 13.0. The molecule has 0 bridgehead atoms. The molecule has 3 unspecified atom stereocenters. The SMILES string of the molecule is NC1CCC2CN(S(=O)(=O)c3cc4c(cc3Cl)OCCO4)CC12. The highest BCUT2D eigenvalue weighted by Gasteiger charge is 2.45. The number of benzene rings is 1. The van der Waals surface area contributed by atoms with Crippen molar-refractivity contribution >= 4 is 21.6 Å². The second-order valence-corrected chi connectivity index (χ2v) is 8.73. The van der Waals surface area contributed by atoms with Crippen molar-refractivity contribution < 1.29 is 17.9 Å². The largest absolute Gasteiger partial charge is 0.486 e. The number of fused-ring (bicyclic) bond motifs is 2. The molecule has 1 aliphatic carbocycles. The highest BCUT2D eigenvalue weighted by Crippen LogP contribution is 2.42. The molecule has 1 aromatic carbocycles. The van der Waals surface area contributed by atoms with Crippen molar-refractivity contribution in [1.82, 2.24) is 4.31 Å². The lowest BCUT2D eigenvalue weighted by Gasteiger charge is -2.22. The number of halogens is 1. The lowest BCUT2D eigenvalue weighted by Crippen LogP contribution is -2.33. The molecule has 6 nitrogen and oxygen atoms in total. The van der Waals surface area contributed by atoms with E-state index in [2.05, 4.69) is 0 Å². The van der Waals surface area contributed by atoms with Crippen LogP contribution in [-0.4, -0.2) is 45.1 Å². The Balaban J connectivity index is 1.67. The van der Waals surface area contributed by atoms with Crippen LogP contribution in [-0.2, 0) is 10.0 Å². The summed E-state index contributed by atoms with van der Waals surface area (Å²) in [5.74, 6) is 1.52. The lowest BCUT2D eigenvalue weighted by atomic mass is 9.98. The highest BCUT2D eigenvalue weighted by atomic mass is 35.5. The quantitative estimate of drug-likeness (QED) is 0.865. The van der Waals surface area contributed by atoms with E-state index in [9.17, 15) is 8.42 Å². The molecule has 2 N–H and O–H groups in total. The number of ether oxygens (including phenoxy) is 2. The number of hydrogen-bond donors (Lipinski definition) is 1. The number of nitrogens with zero attached hydrogens (tertiary/aromatic N) is 1. The van der Waals surface area contributed by atoms with Gasteiger partial charge in [-0.1, -0.05) is 11.6 Å². The van der Waals surface area contributed by atoms with Gasteiger partial charge in [-0.05, 0) is 24.7 Å². The number of hydrogen-bond acceptors (Lipinski definition) is 5. The summed E-state index contributed by atoms with van der Waals surface area (Å²) in [5.41, 5.74) is 6.10. The first-order valence-electron chi connectivity index (χ1n) is 7.81. The Bertz CT molecular complexity index is 739. The fourth-order valence-electron chi connectivity index (χ4n) is 3.84. The zero-order chi connectivity index (χ0) is 16.2. The van der Waals surface area contributed by atoms with Crippen LogP contribution >= 0.6 is 11.6 Å². The van der Waals surface area contributed by atoms with Crippen LogP contribution < -0.4 is 15.2 Å². The summed E-state index contributed by atoms with van der Waals surface area (Å²) in [6, 6.07) is 3.09. The van der Waals surface area contributed by atoms with Crippen LogP contribution in [0.4, 0.5) is 0 Å². The first kappa shape index (κ1) is 15.5. The fraction of sp³-hybridized carbons (Fsp3) is 0.600. The Morgan fingerprint density at radius 3 is 2.52 bits per heavy atom. The number of sulfonamides is 1. The molecule has 4 rings (SSSR count). The van der Waals surface area contributed by atoms with Gasteiger partial charge in [0.15, 0.2) is 11.5 Å². The molecule has 1 saturated heterocycles. The molecule has 126 valence electrons. The third-order valence-electron chi connectivity index (χ3n) is 5.09. The van der Waals surface area contributed by atoms with E-state index in [1.54, 1.807) is 0 Å². The van der Waals surface area contributed by atoms with Crippen LogP contribution in [0.5, 0.6) is 11.5 Å². The molecule has 2 heterocycles. The Morgan fingerprint density at radius 1 is 1.13 bits per heavy atom. The van der Waals surface area contributed by atoms with Gasteiger partial charge in [-0.3, -0.25) is 0 Å². The van der Waals surface area contributed by atoms with Crippen molar-refractivity contribution in [3.8, 4) is 11.5 Å². The van der Waals surface area contributed by atoms with E-state index in [0.717, 1.165) is 12.8 Å². The summed E-state index contributed by atoms with van der Waals surface area (Å²) in [7, 11) is -3.66. The zero-order valence-electron chi connectivity index (χ0n) is 12.6. The maximum Gasteiger partial charge on any atom is 0.244 e. The molecule has 1 saturated carbocycles. The normalized spacial score (nSPS) is 30.4. The molecule has 1 aromatic rings. The van der Waals surface area contributed by atoms with Gasteiger partial charge >= 0.3 is 0 Å². The van der Waals surface area contributed by atoms with Gasteiger partial charge in [-0.25, -0.2) is 8.42 Å². The maximum atomic E-state index is 13.0. The summed E-state index contributed by atoms with van der Waals surface area (Å²) in [6.45, 7) is 1.82. The van der Waals surface area contributed by atoms with Gasteiger partial charge in [-0.2, -0.15) is 4.31 Å². The van der Waals surface area contributed by atoms with Gasteiger partial charge in [0.1, 0.15) is 18.1 Å². The summed E-state index contributed by atoms with van der Waals surface area (Å²) >= 11 is 6.21. The van der Waals surface area contributed by atoms with Crippen molar-refractivity contribution in [3.63, 3.8) is 0 Å². The second kappa shape index (κ2) is 5.51. The molecular formula is C15H19ClN2O4S. The van der Waals surface area contributed by atoms with Crippen LogP contribution in [0, 0.1) is 11.8 Å².